The van der Waals surface area contributed by atoms with E-state index in [4.69, 9.17) is 0 Å². The zero-order chi connectivity index (χ0) is 14.8. The molecule has 0 radical (unpaired) electrons. The molecule has 2 aromatic heterocycles. The highest BCUT2D eigenvalue weighted by Gasteiger charge is 2.28. The molecule has 0 aliphatic carbocycles. The fraction of sp³-hybridized carbons (Fsp3) is 0.500. The minimum atomic E-state index is -0.340. The molecule has 0 bridgehead atoms. The molecular weight excluding hydrogens is 270 g/mol. The molecule has 0 saturated carbocycles. The van der Waals surface area contributed by atoms with Crippen molar-refractivity contribution in [1.29, 1.82) is 0 Å². The van der Waals surface area contributed by atoms with Gasteiger partial charge in [-0.05, 0) is 24.0 Å². The molecule has 3 heterocycles. The van der Waals surface area contributed by atoms with Gasteiger partial charge in [-0.15, -0.1) is 0 Å². The first-order chi connectivity index (χ1) is 10.2. The van der Waals surface area contributed by atoms with Crippen LogP contribution in [-0.2, 0) is 0 Å². The van der Waals surface area contributed by atoms with Crippen molar-refractivity contribution in [1.82, 2.24) is 14.3 Å². The minimum Gasteiger partial charge on any atom is -0.358 e. The topological polar surface area (TPSA) is 66.9 Å². The lowest BCUT2D eigenvalue weighted by molar-refractivity contribution is -0.389. The van der Waals surface area contributed by atoms with Gasteiger partial charge in [0.25, 0.3) is 0 Å². The average molecular weight is 289 g/mol. The number of nitro groups is 1. The van der Waals surface area contributed by atoms with Gasteiger partial charge in [0.1, 0.15) is 0 Å². The summed E-state index contributed by atoms with van der Waals surface area (Å²) in [5, 5.41) is 11.4. The maximum Gasteiger partial charge on any atom is 0.372 e. The number of hydrogen-bond acceptors (Lipinski definition) is 5. The summed E-state index contributed by atoms with van der Waals surface area (Å²) in [6.45, 7) is 6.67. The summed E-state index contributed by atoms with van der Waals surface area (Å²) in [6, 6.07) is 5.42. The molecule has 112 valence electrons. The van der Waals surface area contributed by atoms with Crippen molar-refractivity contribution in [3.63, 3.8) is 0 Å². The highest BCUT2D eigenvalue weighted by atomic mass is 16.6. The van der Waals surface area contributed by atoms with Crippen LogP contribution in [0.3, 0.4) is 0 Å². The fourth-order valence-corrected chi connectivity index (χ4v) is 2.85. The Morgan fingerprint density at radius 3 is 2.71 bits per heavy atom. The third-order valence-corrected chi connectivity index (χ3v) is 3.87. The van der Waals surface area contributed by atoms with Gasteiger partial charge < -0.3 is 15.0 Å². The molecule has 0 amide bonds. The molecule has 1 saturated heterocycles. The highest BCUT2D eigenvalue weighted by molar-refractivity contribution is 5.63. The molecule has 0 N–H and O–H groups in total. The predicted octanol–water partition coefficient (Wildman–Crippen LogP) is 1.77. The van der Waals surface area contributed by atoms with Crippen molar-refractivity contribution in [2.45, 2.75) is 13.3 Å². The Morgan fingerprint density at radius 2 is 2.05 bits per heavy atom. The van der Waals surface area contributed by atoms with Crippen molar-refractivity contribution in [2.75, 3.05) is 37.6 Å². The van der Waals surface area contributed by atoms with Gasteiger partial charge >= 0.3 is 5.82 Å². The predicted molar refractivity (Wildman–Crippen MR) is 80.8 cm³/mol. The van der Waals surface area contributed by atoms with Crippen LogP contribution in [0.5, 0.6) is 0 Å². The van der Waals surface area contributed by atoms with E-state index in [0.717, 1.165) is 39.1 Å². The van der Waals surface area contributed by atoms with E-state index >= 15 is 0 Å². The van der Waals surface area contributed by atoms with Gasteiger partial charge in [0.15, 0.2) is 0 Å². The second-order valence-corrected chi connectivity index (χ2v) is 5.27. The molecule has 2 aromatic rings. The quantitative estimate of drug-likeness (QED) is 0.634. The summed E-state index contributed by atoms with van der Waals surface area (Å²) >= 11 is 0. The summed E-state index contributed by atoms with van der Waals surface area (Å²) in [5.74, 6) is 0.553. The monoisotopic (exact) mass is 289 g/mol. The van der Waals surface area contributed by atoms with Crippen LogP contribution in [0, 0.1) is 10.1 Å². The lowest BCUT2D eigenvalue weighted by atomic mass is 10.3. The first-order valence-corrected chi connectivity index (χ1v) is 7.29. The minimum absolute atomic E-state index is 0.0644. The van der Waals surface area contributed by atoms with E-state index < -0.39 is 0 Å². The van der Waals surface area contributed by atoms with Crippen molar-refractivity contribution < 1.29 is 4.92 Å². The number of nitrogens with zero attached hydrogens (tertiary/aromatic N) is 5. The number of hydrogen-bond donors (Lipinski definition) is 0. The molecule has 7 nitrogen and oxygen atoms in total. The van der Waals surface area contributed by atoms with Gasteiger partial charge in [-0.25, -0.2) is 0 Å². The van der Waals surface area contributed by atoms with Gasteiger partial charge in [0.05, 0.1) is 6.20 Å². The molecule has 21 heavy (non-hydrogen) atoms. The van der Waals surface area contributed by atoms with Crippen molar-refractivity contribution in [2.24, 2.45) is 0 Å². The molecule has 1 fully saturated rings. The number of aromatic nitrogens is 2. The van der Waals surface area contributed by atoms with Gasteiger partial charge in [-0.3, -0.25) is 4.90 Å². The Morgan fingerprint density at radius 1 is 1.29 bits per heavy atom. The molecule has 0 atom stereocenters. The summed E-state index contributed by atoms with van der Waals surface area (Å²) in [5.41, 5.74) is 0.621. The van der Waals surface area contributed by atoms with Crippen molar-refractivity contribution in [3.8, 4) is 0 Å². The van der Waals surface area contributed by atoms with Crippen LogP contribution >= 0.6 is 0 Å². The Labute approximate surface area is 122 Å². The van der Waals surface area contributed by atoms with Gasteiger partial charge in [-0.1, -0.05) is 13.0 Å². The zero-order valence-electron chi connectivity index (χ0n) is 12.1. The standard InChI is InChI=1S/C14H19N5O2/c1-2-6-16-8-10-17(11-9-16)13-14(19(20)21)18-7-4-3-5-12(18)15-13/h3-5,7H,2,6,8-11H2,1H3. The molecule has 0 aromatic carbocycles. The molecular formula is C14H19N5O2. The molecule has 3 rings (SSSR count). The fourth-order valence-electron chi connectivity index (χ4n) is 2.85. The molecule has 0 spiro atoms. The van der Waals surface area contributed by atoms with Crippen LogP contribution in [0.1, 0.15) is 13.3 Å². The van der Waals surface area contributed by atoms with Gasteiger partial charge in [0, 0.05) is 32.2 Å². The second-order valence-electron chi connectivity index (χ2n) is 5.27. The van der Waals surface area contributed by atoms with Crippen molar-refractivity contribution >= 4 is 17.3 Å². The summed E-state index contributed by atoms with van der Waals surface area (Å²) in [6.07, 6.45) is 2.83. The van der Waals surface area contributed by atoms with Crippen LogP contribution < -0.4 is 4.90 Å². The largest absolute Gasteiger partial charge is 0.372 e. The smallest absolute Gasteiger partial charge is 0.358 e. The third-order valence-electron chi connectivity index (χ3n) is 3.87. The Balaban J connectivity index is 1.90. The van der Waals surface area contributed by atoms with Gasteiger partial charge in [0.2, 0.25) is 11.5 Å². The van der Waals surface area contributed by atoms with E-state index in [1.54, 1.807) is 22.7 Å². The van der Waals surface area contributed by atoms with E-state index in [1.807, 2.05) is 11.0 Å². The number of piperazine rings is 1. The number of imidazole rings is 1. The second kappa shape index (κ2) is 5.69. The Bertz CT molecular complexity index is 646. The van der Waals surface area contributed by atoms with Crippen LogP contribution in [0.2, 0.25) is 0 Å². The first-order valence-electron chi connectivity index (χ1n) is 7.29. The maximum absolute atomic E-state index is 11.4. The molecule has 7 heteroatoms. The van der Waals surface area contributed by atoms with E-state index in [0.29, 0.717) is 11.5 Å². The van der Waals surface area contributed by atoms with E-state index in [-0.39, 0.29) is 10.7 Å². The van der Waals surface area contributed by atoms with Crippen LogP contribution in [-0.4, -0.2) is 51.9 Å². The maximum atomic E-state index is 11.4. The summed E-state index contributed by atoms with van der Waals surface area (Å²) in [4.78, 5) is 19.9. The van der Waals surface area contributed by atoms with Gasteiger partial charge in [-0.2, -0.15) is 9.38 Å². The van der Waals surface area contributed by atoms with E-state index in [2.05, 4.69) is 16.8 Å². The number of pyridine rings is 1. The Hall–Kier alpha value is -2.15. The van der Waals surface area contributed by atoms with Crippen LogP contribution in [0.25, 0.3) is 5.65 Å². The zero-order valence-corrected chi connectivity index (χ0v) is 12.1. The lowest BCUT2D eigenvalue weighted by Crippen LogP contribution is -2.46. The number of fused-ring (bicyclic) bond motifs is 1. The lowest BCUT2D eigenvalue weighted by Gasteiger charge is -2.34. The Kier molecular flexibility index (Phi) is 3.74. The SMILES string of the molecule is CCCN1CCN(c2nc3ccccn3c2[N+](=O)[O-])CC1. The number of anilines is 1. The summed E-state index contributed by atoms with van der Waals surface area (Å²) < 4.78 is 1.55. The van der Waals surface area contributed by atoms with Crippen LogP contribution in [0.4, 0.5) is 11.6 Å². The molecule has 0 unspecified atom stereocenters. The molecule has 1 aliphatic heterocycles. The third kappa shape index (κ3) is 2.56. The first kappa shape index (κ1) is 13.8. The normalized spacial score (nSPS) is 16.5. The van der Waals surface area contributed by atoms with E-state index in [1.165, 1.54) is 0 Å². The van der Waals surface area contributed by atoms with E-state index in [9.17, 15) is 10.1 Å². The summed E-state index contributed by atoms with van der Waals surface area (Å²) in [7, 11) is 0. The van der Waals surface area contributed by atoms with Crippen LogP contribution in [0.15, 0.2) is 24.4 Å². The molecule has 1 aliphatic rings. The highest BCUT2D eigenvalue weighted by Crippen LogP contribution is 2.29. The average Bonchev–Trinajstić information content (AvgIpc) is 2.88. The van der Waals surface area contributed by atoms with Crippen molar-refractivity contribution in [3.05, 3.63) is 34.5 Å². The number of rotatable bonds is 4.